The highest BCUT2D eigenvalue weighted by Crippen LogP contribution is 2.25. The molecule has 25 heavy (non-hydrogen) atoms. The van der Waals surface area contributed by atoms with Gasteiger partial charge in [-0.2, -0.15) is 0 Å². The topological polar surface area (TPSA) is 98.5 Å². The summed E-state index contributed by atoms with van der Waals surface area (Å²) in [7, 11) is 0. The number of benzene rings is 1. The average molecular weight is 369 g/mol. The van der Waals surface area contributed by atoms with Crippen LogP contribution in [-0.4, -0.2) is 28.9 Å². The Morgan fingerprint density at radius 2 is 2.04 bits per heavy atom. The summed E-state index contributed by atoms with van der Waals surface area (Å²) < 4.78 is 5.15. The summed E-state index contributed by atoms with van der Waals surface area (Å²) in [6.45, 7) is 3.58. The first-order chi connectivity index (χ1) is 11.8. The van der Waals surface area contributed by atoms with E-state index in [9.17, 15) is 19.7 Å². The van der Waals surface area contributed by atoms with Crippen molar-refractivity contribution in [1.29, 1.82) is 0 Å². The molecule has 1 fully saturated rings. The number of amides is 1. The predicted molar refractivity (Wildman–Crippen MR) is 92.5 cm³/mol. The lowest BCUT2D eigenvalue weighted by molar-refractivity contribution is -0.384. The second-order valence-electron chi connectivity index (χ2n) is 6.35. The third kappa shape index (κ3) is 4.92. The second-order valence-corrected chi connectivity index (χ2v) is 6.75. The molecule has 0 aliphatic heterocycles. The van der Waals surface area contributed by atoms with E-state index in [1.54, 1.807) is 0 Å². The molecule has 0 aromatic heterocycles. The van der Waals surface area contributed by atoms with Crippen LogP contribution in [0.4, 0.5) is 5.69 Å². The molecule has 0 bridgehead atoms. The number of nitrogens with zero attached hydrogens (tertiary/aromatic N) is 1. The van der Waals surface area contributed by atoms with Gasteiger partial charge in [0.1, 0.15) is 0 Å². The lowest BCUT2D eigenvalue weighted by Crippen LogP contribution is -2.46. The van der Waals surface area contributed by atoms with Gasteiger partial charge in [-0.3, -0.25) is 14.9 Å². The highest BCUT2D eigenvalue weighted by Gasteiger charge is 2.27. The molecule has 7 nitrogen and oxygen atoms in total. The molecule has 0 radical (unpaired) electrons. The number of nitro benzene ring substituents is 1. The number of hydrogen-bond donors (Lipinski definition) is 1. The van der Waals surface area contributed by atoms with Crippen LogP contribution in [0.5, 0.6) is 0 Å². The molecule has 1 aliphatic carbocycles. The molecule has 2 rings (SSSR count). The summed E-state index contributed by atoms with van der Waals surface area (Å²) in [4.78, 5) is 34.5. The fourth-order valence-corrected chi connectivity index (χ4v) is 3.14. The second kappa shape index (κ2) is 8.29. The Morgan fingerprint density at radius 3 is 2.64 bits per heavy atom. The smallest absolute Gasteiger partial charge is 0.340 e. The first-order valence-corrected chi connectivity index (χ1v) is 8.62. The third-order valence-corrected chi connectivity index (χ3v) is 4.79. The predicted octanol–water partition coefficient (Wildman–Crippen LogP) is 3.49. The van der Waals surface area contributed by atoms with Crippen LogP contribution in [0.15, 0.2) is 18.2 Å². The van der Waals surface area contributed by atoms with Crippen molar-refractivity contribution in [2.24, 2.45) is 5.92 Å². The number of non-ortho nitro benzene ring substituents is 1. The zero-order valence-electron chi connectivity index (χ0n) is 14.2. The van der Waals surface area contributed by atoms with E-state index >= 15 is 0 Å². The van der Waals surface area contributed by atoms with Crippen molar-refractivity contribution < 1.29 is 19.2 Å². The van der Waals surface area contributed by atoms with Crippen molar-refractivity contribution in [3.63, 3.8) is 0 Å². The Labute approximate surface area is 150 Å². The van der Waals surface area contributed by atoms with Gasteiger partial charge in [-0.1, -0.05) is 31.4 Å². The molecule has 1 aliphatic rings. The van der Waals surface area contributed by atoms with Crippen LogP contribution in [0, 0.1) is 16.0 Å². The van der Waals surface area contributed by atoms with Crippen LogP contribution in [0.3, 0.4) is 0 Å². The van der Waals surface area contributed by atoms with Gasteiger partial charge in [0.2, 0.25) is 0 Å². The van der Waals surface area contributed by atoms with Crippen LogP contribution in [0.2, 0.25) is 5.02 Å². The Bertz CT molecular complexity index is 679. The van der Waals surface area contributed by atoms with E-state index in [1.807, 2.05) is 0 Å². The van der Waals surface area contributed by atoms with Crippen LogP contribution in [-0.2, 0) is 9.53 Å². The molecule has 0 heterocycles. The van der Waals surface area contributed by atoms with Gasteiger partial charge in [-0.25, -0.2) is 4.79 Å². The molecule has 1 saturated carbocycles. The summed E-state index contributed by atoms with van der Waals surface area (Å²) in [6, 6.07) is 3.55. The van der Waals surface area contributed by atoms with Crippen LogP contribution < -0.4 is 5.32 Å². The Balaban J connectivity index is 1.97. The number of carbonyl (C=O) groups is 2. The zero-order chi connectivity index (χ0) is 18.6. The van der Waals surface area contributed by atoms with E-state index in [-0.39, 0.29) is 28.2 Å². The lowest BCUT2D eigenvalue weighted by Gasteiger charge is -2.30. The maximum atomic E-state index is 12.2. The van der Waals surface area contributed by atoms with Crippen molar-refractivity contribution >= 4 is 29.2 Å². The third-order valence-electron chi connectivity index (χ3n) is 4.48. The number of nitro groups is 1. The standard InChI is InChI=1S/C17H21ClN2O5/c1-10-5-3-4-6-15(10)19-16(21)11(2)25-17(22)13-8-7-12(20(23)24)9-14(13)18/h7-11,15H,3-6H2,1-2H3,(H,19,21)/t10-,11-,15-/m1/s1. The highest BCUT2D eigenvalue weighted by atomic mass is 35.5. The van der Waals surface area contributed by atoms with Gasteiger partial charge < -0.3 is 10.1 Å². The summed E-state index contributed by atoms with van der Waals surface area (Å²) in [5, 5.41) is 13.5. The van der Waals surface area contributed by atoms with E-state index in [0.29, 0.717) is 5.92 Å². The normalized spacial score (nSPS) is 21.2. The van der Waals surface area contributed by atoms with E-state index in [4.69, 9.17) is 16.3 Å². The Kier molecular flexibility index (Phi) is 6.36. The number of nitrogens with one attached hydrogen (secondary N) is 1. The van der Waals surface area contributed by atoms with Crippen LogP contribution >= 0.6 is 11.6 Å². The molecular weight excluding hydrogens is 348 g/mol. The first-order valence-electron chi connectivity index (χ1n) is 8.25. The Morgan fingerprint density at radius 1 is 1.36 bits per heavy atom. The maximum absolute atomic E-state index is 12.2. The van der Waals surface area contributed by atoms with Crippen LogP contribution in [0.25, 0.3) is 0 Å². The molecule has 3 atom stereocenters. The maximum Gasteiger partial charge on any atom is 0.340 e. The van der Waals surface area contributed by atoms with E-state index in [0.717, 1.165) is 37.8 Å². The van der Waals surface area contributed by atoms with Crippen molar-refractivity contribution in [1.82, 2.24) is 5.32 Å². The quantitative estimate of drug-likeness (QED) is 0.487. The first kappa shape index (κ1) is 19.2. The Hall–Kier alpha value is -2.15. The number of carbonyl (C=O) groups excluding carboxylic acids is 2. The average Bonchev–Trinajstić information content (AvgIpc) is 2.56. The summed E-state index contributed by atoms with van der Waals surface area (Å²) in [5.74, 6) is -0.755. The monoisotopic (exact) mass is 368 g/mol. The minimum atomic E-state index is -0.979. The fourth-order valence-electron chi connectivity index (χ4n) is 2.89. The van der Waals surface area contributed by atoms with Gasteiger partial charge in [0.15, 0.2) is 6.10 Å². The number of rotatable bonds is 5. The van der Waals surface area contributed by atoms with Crippen LogP contribution in [0.1, 0.15) is 49.9 Å². The molecule has 0 saturated heterocycles. The molecule has 136 valence electrons. The minimum Gasteiger partial charge on any atom is -0.449 e. The molecule has 1 N–H and O–H groups in total. The van der Waals surface area contributed by atoms with Gasteiger partial charge in [-0.05, 0) is 31.7 Å². The SMILES string of the molecule is C[C@@H]1CCCC[C@H]1NC(=O)[C@@H](C)OC(=O)c1ccc([N+](=O)[O-])cc1Cl. The molecule has 0 spiro atoms. The van der Waals surface area contributed by atoms with Gasteiger partial charge in [0.05, 0.1) is 15.5 Å². The largest absolute Gasteiger partial charge is 0.449 e. The summed E-state index contributed by atoms with van der Waals surface area (Å²) in [6.07, 6.45) is 3.24. The molecular formula is C17H21ClN2O5. The van der Waals surface area contributed by atoms with Crippen molar-refractivity contribution in [2.75, 3.05) is 0 Å². The van der Waals surface area contributed by atoms with Crippen molar-refractivity contribution in [3.8, 4) is 0 Å². The van der Waals surface area contributed by atoms with Gasteiger partial charge in [0, 0.05) is 18.2 Å². The minimum absolute atomic E-state index is 0.0158. The fraction of sp³-hybridized carbons (Fsp3) is 0.529. The number of halogens is 1. The van der Waals surface area contributed by atoms with Gasteiger partial charge in [0.25, 0.3) is 11.6 Å². The summed E-state index contributed by atoms with van der Waals surface area (Å²) >= 11 is 5.90. The summed E-state index contributed by atoms with van der Waals surface area (Å²) in [5.41, 5.74) is -0.239. The highest BCUT2D eigenvalue weighted by molar-refractivity contribution is 6.33. The number of ether oxygens (including phenoxy) is 1. The molecule has 1 aromatic carbocycles. The lowest BCUT2D eigenvalue weighted by atomic mass is 9.86. The molecule has 0 unspecified atom stereocenters. The molecule has 1 amide bonds. The van der Waals surface area contributed by atoms with E-state index in [1.165, 1.54) is 13.0 Å². The number of hydrogen-bond acceptors (Lipinski definition) is 5. The van der Waals surface area contributed by atoms with E-state index in [2.05, 4.69) is 12.2 Å². The van der Waals surface area contributed by atoms with Gasteiger partial charge in [-0.15, -0.1) is 0 Å². The molecule has 1 aromatic rings. The number of esters is 1. The zero-order valence-corrected chi connectivity index (χ0v) is 14.9. The van der Waals surface area contributed by atoms with Crippen molar-refractivity contribution in [3.05, 3.63) is 38.9 Å². The van der Waals surface area contributed by atoms with E-state index < -0.39 is 17.0 Å². The molecule has 8 heteroatoms. The van der Waals surface area contributed by atoms with Gasteiger partial charge >= 0.3 is 5.97 Å². The van der Waals surface area contributed by atoms with Crippen molar-refractivity contribution in [2.45, 2.75) is 51.7 Å².